The second-order valence-electron chi connectivity index (χ2n) is 18.4. The number of piperidine rings is 2. The number of amides is 2. The minimum atomic E-state index is -2.76. The van der Waals surface area contributed by atoms with Crippen molar-refractivity contribution >= 4 is 91.0 Å². The molecule has 3 aliphatic heterocycles. The van der Waals surface area contributed by atoms with Crippen LogP contribution in [0.2, 0.25) is 0 Å². The number of fused-ring (bicyclic) bond motifs is 2. The minimum Gasteiger partial charge on any atom is -0.492 e. The average molecular weight is 1030 g/mol. The van der Waals surface area contributed by atoms with Gasteiger partial charge in [0.05, 0.1) is 33.5 Å². The Morgan fingerprint density at radius 1 is 0.899 bits per heavy atom. The van der Waals surface area contributed by atoms with Gasteiger partial charge in [-0.1, -0.05) is 19.9 Å². The predicted octanol–water partition coefficient (Wildman–Crippen LogP) is 7.90. The molecular formula is C50H59BrFN10O6P. The van der Waals surface area contributed by atoms with Crippen LogP contribution in [0.3, 0.4) is 0 Å². The van der Waals surface area contributed by atoms with Crippen LogP contribution < -0.4 is 36.6 Å². The summed E-state index contributed by atoms with van der Waals surface area (Å²) in [6.07, 6.45) is 6.11. The number of nitrogens with one attached hydrogen (secondary N) is 3. The number of carbonyl (C=O) groups excluding carboxylic acids is 2. The first kappa shape index (κ1) is 48.3. The highest BCUT2D eigenvalue weighted by atomic mass is 79.9. The largest absolute Gasteiger partial charge is 0.492 e. The van der Waals surface area contributed by atoms with Crippen LogP contribution in [0.1, 0.15) is 69.3 Å². The van der Waals surface area contributed by atoms with Crippen molar-refractivity contribution in [3.63, 3.8) is 0 Å². The molecule has 3 aromatic heterocycles. The molecule has 3 N–H and O–H groups in total. The van der Waals surface area contributed by atoms with Gasteiger partial charge in [-0.3, -0.25) is 29.4 Å². The highest BCUT2D eigenvalue weighted by molar-refractivity contribution is 9.10. The van der Waals surface area contributed by atoms with E-state index < -0.39 is 36.6 Å². The van der Waals surface area contributed by atoms with Crippen LogP contribution in [0.4, 0.5) is 33.2 Å². The number of rotatable bonds is 15. The monoisotopic (exact) mass is 1020 g/mol. The van der Waals surface area contributed by atoms with Gasteiger partial charge in [-0.15, -0.1) is 0 Å². The van der Waals surface area contributed by atoms with Gasteiger partial charge in [-0.2, -0.15) is 4.98 Å². The van der Waals surface area contributed by atoms with Crippen LogP contribution in [-0.4, -0.2) is 113 Å². The maximum absolute atomic E-state index is 15.0. The molecule has 6 aromatic rings. The Morgan fingerprint density at radius 2 is 1.68 bits per heavy atom. The van der Waals surface area contributed by atoms with E-state index in [9.17, 15) is 23.3 Å². The van der Waals surface area contributed by atoms with Crippen LogP contribution in [0.25, 0.3) is 22.0 Å². The van der Waals surface area contributed by atoms with Crippen LogP contribution in [0.5, 0.6) is 5.75 Å². The fourth-order valence-corrected chi connectivity index (χ4v) is 11.9. The predicted molar refractivity (Wildman–Crippen MR) is 272 cm³/mol. The SMILES string of the molecule is CCOc1cc(N2CCC(N3CCN(CCc4cc(F)cc5c4oc(=O)n5C4CCC(=O)NC4=O)CC3)CC2)c(CC)cc1Nc1ncc(Br)c(Nc2ccc3nc(CC)ccc3c2P(C)(C)=O)n1. The number of hydrogen-bond acceptors (Lipinski definition) is 14. The lowest BCUT2D eigenvalue weighted by Gasteiger charge is -2.43. The molecule has 3 aliphatic rings. The molecular weight excluding hydrogens is 966 g/mol. The van der Waals surface area contributed by atoms with Gasteiger partial charge in [0, 0.05) is 104 Å². The van der Waals surface area contributed by atoms with E-state index in [1.165, 1.54) is 22.3 Å². The topological polar surface area (TPSA) is 180 Å². The normalized spacial score (nSPS) is 17.7. The lowest BCUT2D eigenvalue weighted by Crippen LogP contribution is -2.53. The zero-order valence-corrected chi connectivity index (χ0v) is 42.2. The van der Waals surface area contributed by atoms with Gasteiger partial charge in [0.2, 0.25) is 17.8 Å². The molecule has 69 heavy (non-hydrogen) atoms. The molecule has 0 spiro atoms. The summed E-state index contributed by atoms with van der Waals surface area (Å²) >= 11 is 3.63. The number of ether oxygens (including phenoxy) is 1. The first-order valence-corrected chi connectivity index (χ1v) is 27.3. The Labute approximate surface area is 408 Å². The number of oxazole rings is 1. The standard InChI is InChI=1S/C50H59BrFN10O6P/c1-6-30-26-39(56-49-53-29-36(51)47(58-49)55-38-12-11-37-35(46(38)69(4,5)66)10-9-33(7-2)54-37)43(67-8-3)28-41(30)61-19-16-34(17-20-61)60-23-21-59(22-24-60)18-15-31-25-32(52)27-42-45(31)68-50(65)62(42)40-13-14-44(63)57-48(40)64/h9-12,25-29,34,40H,6-8,13-24H2,1-5H3,(H,57,63,64)(H2,53,55,56,58). The van der Waals surface area contributed by atoms with Crippen molar-refractivity contribution in [2.75, 3.05) is 81.3 Å². The summed E-state index contributed by atoms with van der Waals surface area (Å²) in [7, 11) is -2.76. The Hall–Kier alpha value is -5.68. The molecule has 6 heterocycles. The lowest BCUT2D eigenvalue weighted by molar-refractivity contribution is -0.135. The van der Waals surface area contributed by atoms with Gasteiger partial charge >= 0.3 is 5.76 Å². The summed E-state index contributed by atoms with van der Waals surface area (Å²) in [4.78, 5) is 59.0. The first-order valence-electron chi connectivity index (χ1n) is 23.9. The number of piperazine rings is 1. The van der Waals surface area contributed by atoms with E-state index in [0.717, 1.165) is 98.2 Å². The maximum Gasteiger partial charge on any atom is 0.420 e. The summed E-state index contributed by atoms with van der Waals surface area (Å²) in [6, 6.07) is 14.3. The summed E-state index contributed by atoms with van der Waals surface area (Å²) in [5, 5.41) is 10.7. The summed E-state index contributed by atoms with van der Waals surface area (Å²) in [5.41, 5.74) is 6.71. The van der Waals surface area contributed by atoms with Crippen LogP contribution in [0.15, 0.2) is 68.4 Å². The zero-order chi connectivity index (χ0) is 48.6. The molecule has 3 saturated heterocycles. The molecule has 0 saturated carbocycles. The van der Waals surface area contributed by atoms with E-state index in [-0.39, 0.29) is 23.9 Å². The maximum atomic E-state index is 15.0. The summed E-state index contributed by atoms with van der Waals surface area (Å²) in [5.74, 6) is -0.605. The smallest absolute Gasteiger partial charge is 0.420 e. The number of hydrogen-bond donors (Lipinski definition) is 3. The van der Waals surface area contributed by atoms with Gasteiger partial charge in [-0.05, 0) is 111 Å². The third kappa shape index (κ3) is 10.3. The molecule has 16 nitrogen and oxygen atoms in total. The lowest BCUT2D eigenvalue weighted by atomic mass is 9.99. The number of nitrogens with zero attached hydrogens (tertiary/aromatic N) is 7. The van der Waals surface area contributed by atoms with Crippen molar-refractivity contribution in [3.05, 3.63) is 92.4 Å². The number of aromatic nitrogens is 4. The highest BCUT2D eigenvalue weighted by Gasteiger charge is 2.33. The molecule has 3 aromatic carbocycles. The van der Waals surface area contributed by atoms with Crippen molar-refractivity contribution in [1.29, 1.82) is 0 Å². The first-order chi connectivity index (χ1) is 33.2. The van der Waals surface area contributed by atoms with Gasteiger partial charge in [0.15, 0.2) is 5.58 Å². The van der Waals surface area contributed by atoms with E-state index in [1.54, 1.807) is 19.5 Å². The number of imide groups is 1. The summed E-state index contributed by atoms with van der Waals surface area (Å²) < 4.78 is 42.4. The Bertz CT molecular complexity index is 3030. The van der Waals surface area contributed by atoms with Crippen molar-refractivity contribution < 1.29 is 27.7 Å². The third-order valence-electron chi connectivity index (χ3n) is 13.6. The highest BCUT2D eigenvalue weighted by Crippen LogP contribution is 2.43. The van der Waals surface area contributed by atoms with Gasteiger partial charge in [-0.25, -0.2) is 14.2 Å². The second-order valence-corrected chi connectivity index (χ2v) is 22.4. The van der Waals surface area contributed by atoms with E-state index >= 15 is 0 Å². The van der Waals surface area contributed by atoms with Crippen molar-refractivity contribution in [2.24, 2.45) is 0 Å². The fourth-order valence-electron chi connectivity index (χ4n) is 10.1. The van der Waals surface area contributed by atoms with Crippen LogP contribution >= 0.6 is 23.1 Å². The molecule has 2 amide bonds. The second kappa shape index (κ2) is 20.3. The number of aryl methyl sites for hydroxylation is 2. The molecule has 19 heteroatoms. The number of pyridine rings is 1. The van der Waals surface area contributed by atoms with Crippen molar-refractivity contribution in [3.8, 4) is 5.75 Å². The molecule has 0 aliphatic carbocycles. The molecule has 1 atom stereocenters. The van der Waals surface area contributed by atoms with Crippen LogP contribution in [-0.2, 0) is 33.4 Å². The van der Waals surface area contributed by atoms with E-state index in [0.29, 0.717) is 58.9 Å². The van der Waals surface area contributed by atoms with Crippen molar-refractivity contribution in [1.82, 2.24) is 34.6 Å². The quantitative estimate of drug-likeness (QED) is 0.0668. The number of anilines is 5. The Morgan fingerprint density at radius 3 is 2.39 bits per heavy atom. The van der Waals surface area contributed by atoms with E-state index in [2.05, 4.69) is 77.5 Å². The fraction of sp³-hybridized carbons (Fsp3) is 0.440. The Balaban J connectivity index is 0.830. The average Bonchev–Trinajstić information content (AvgIpc) is 3.66. The molecule has 364 valence electrons. The molecule has 3 fully saturated rings. The zero-order valence-electron chi connectivity index (χ0n) is 39.7. The van der Waals surface area contributed by atoms with E-state index in [1.807, 2.05) is 31.2 Å². The molecule has 0 bridgehead atoms. The number of benzene rings is 3. The summed E-state index contributed by atoms with van der Waals surface area (Å²) in [6.45, 7) is 16.3. The minimum absolute atomic E-state index is 0.0930. The van der Waals surface area contributed by atoms with Crippen LogP contribution in [0, 0.1) is 5.82 Å². The molecule has 9 rings (SSSR count). The van der Waals surface area contributed by atoms with Gasteiger partial charge < -0.3 is 34.2 Å². The number of carbonyl (C=O) groups is 2. The van der Waals surface area contributed by atoms with Crippen molar-refractivity contribution in [2.45, 2.75) is 77.8 Å². The Kier molecular flexibility index (Phi) is 14.3. The van der Waals surface area contributed by atoms with Gasteiger partial charge in [0.25, 0.3) is 0 Å². The van der Waals surface area contributed by atoms with Gasteiger partial charge in [0.1, 0.15) is 30.6 Å². The third-order valence-corrected chi connectivity index (χ3v) is 15.7. The molecule has 1 unspecified atom stereocenters. The number of halogens is 2. The van der Waals surface area contributed by atoms with E-state index in [4.69, 9.17) is 19.1 Å². The molecule has 0 radical (unpaired) electrons.